The Labute approximate surface area is 106 Å². The number of nitrogens with two attached hydrogens (primary N) is 1. The van der Waals surface area contributed by atoms with E-state index in [1.165, 1.54) is 5.01 Å². The minimum atomic E-state index is 0.548. The Kier molecular flexibility index (Phi) is 4.23. The van der Waals surface area contributed by atoms with E-state index in [2.05, 4.69) is 22.3 Å². The fraction of sp³-hybridized carbons (Fsp3) is 0.385. The second-order valence-corrected chi connectivity index (χ2v) is 5.02. The summed E-state index contributed by atoms with van der Waals surface area (Å²) in [6.45, 7) is 2.91. The van der Waals surface area contributed by atoms with Crippen LogP contribution in [0, 0.1) is 5.92 Å². The molecule has 4 heteroatoms. The maximum Gasteiger partial charge on any atom is 0.0935 e. The fourth-order valence-electron chi connectivity index (χ4n) is 1.70. The van der Waals surface area contributed by atoms with E-state index in [1.54, 1.807) is 23.7 Å². The lowest BCUT2D eigenvalue weighted by atomic mass is 10.0. The Hall–Kier alpha value is -1.26. The van der Waals surface area contributed by atoms with Gasteiger partial charge in [0, 0.05) is 29.8 Å². The molecule has 2 N–H and O–H groups in total. The average Bonchev–Trinajstić information content (AvgIpc) is 2.85. The van der Waals surface area contributed by atoms with Crippen LogP contribution in [0.1, 0.15) is 18.4 Å². The molecule has 1 unspecified atom stereocenters. The van der Waals surface area contributed by atoms with Gasteiger partial charge >= 0.3 is 0 Å². The fourth-order valence-corrected chi connectivity index (χ4v) is 2.62. The van der Waals surface area contributed by atoms with Crippen molar-refractivity contribution in [1.82, 2.24) is 9.97 Å². The largest absolute Gasteiger partial charge is 0.330 e. The zero-order chi connectivity index (χ0) is 12.1. The number of aromatic nitrogens is 2. The van der Waals surface area contributed by atoms with Gasteiger partial charge in [-0.3, -0.25) is 4.98 Å². The van der Waals surface area contributed by atoms with Gasteiger partial charge in [-0.05, 0) is 24.6 Å². The summed E-state index contributed by atoms with van der Waals surface area (Å²) in [5, 5.41) is 3.28. The topological polar surface area (TPSA) is 51.8 Å². The minimum Gasteiger partial charge on any atom is -0.330 e. The molecule has 3 nitrogen and oxygen atoms in total. The SMILES string of the molecule is CCC(CN)Cc1nc(-c2ccncc2)cs1. The average molecular weight is 247 g/mol. The van der Waals surface area contributed by atoms with Crippen LogP contribution in [0.4, 0.5) is 0 Å². The maximum absolute atomic E-state index is 5.72. The smallest absolute Gasteiger partial charge is 0.0935 e. The summed E-state index contributed by atoms with van der Waals surface area (Å²) in [6.07, 6.45) is 5.69. The Morgan fingerprint density at radius 2 is 2.12 bits per heavy atom. The van der Waals surface area contributed by atoms with Crippen molar-refractivity contribution in [3.63, 3.8) is 0 Å². The molecule has 0 saturated heterocycles. The maximum atomic E-state index is 5.72. The Balaban J connectivity index is 2.11. The quantitative estimate of drug-likeness (QED) is 0.884. The molecule has 0 aliphatic carbocycles. The first kappa shape index (κ1) is 12.2. The zero-order valence-electron chi connectivity index (χ0n) is 9.97. The second-order valence-electron chi connectivity index (χ2n) is 4.08. The molecule has 0 fully saturated rings. The molecule has 0 aliphatic rings. The molecule has 2 aromatic rings. The second kappa shape index (κ2) is 5.89. The van der Waals surface area contributed by atoms with Crippen LogP contribution in [0.5, 0.6) is 0 Å². The molecule has 0 spiro atoms. The van der Waals surface area contributed by atoms with Gasteiger partial charge in [0.05, 0.1) is 10.7 Å². The number of pyridine rings is 1. The molecule has 2 rings (SSSR count). The van der Waals surface area contributed by atoms with Crippen molar-refractivity contribution in [2.45, 2.75) is 19.8 Å². The van der Waals surface area contributed by atoms with Crippen LogP contribution in [0.15, 0.2) is 29.9 Å². The van der Waals surface area contributed by atoms with Crippen LogP contribution < -0.4 is 5.73 Å². The molecule has 2 heterocycles. The van der Waals surface area contributed by atoms with E-state index in [1.807, 2.05) is 12.1 Å². The number of hydrogen-bond donors (Lipinski definition) is 1. The van der Waals surface area contributed by atoms with E-state index in [9.17, 15) is 0 Å². The highest BCUT2D eigenvalue weighted by Gasteiger charge is 2.09. The Bertz CT molecular complexity index is 449. The van der Waals surface area contributed by atoms with Crippen LogP contribution in [-0.4, -0.2) is 16.5 Å². The molecule has 0 aliphatic heterocycles. The predicted octanol–water partition coefficient (Wildman–Crippen LogP) is 2.73. The van der Waals surface area contributed by atoms with Gasteiger partial charge in [0.1, 0.15) is 0 Å². The lowest BCUT2D eigenvalue weighted by molar-refractivity contribution is 0.518. The normalized spacial score (nSPS) is 12.6. The summed E-state index contributed by atoms with van der Waals surface area (Å²) in [7, 11) is 0. The van der Waals surface area contributed by atoms with E-state index in [0.717, 1.165) is 30.6 Å². The van der Waals surface area contributed by atoms with E-state index in [0.29, 0.717) is 5.92 Å². The van der Waals surface area contributed by atoms with Gasteiger partial charge < -0.3 is 5.73 Å². The lowest BCUT2D eigenvalue weighted by Gasteiger charge is -2.08. The van der Waals surface area contributed by atoms with Crippen LogP contribution in [0.3, 0.4) is 0 Å². The molecule has 0 saturated carbocycles. The highest BCUT2D eigenvalue weighted by atomic mass is 32.1. The van der Waals surface area contributed by atoms with E-state index in [4.69, 9.17) is 5.73 Å². The summed E-state index contributed by atoms with van der Waals surface area (Å²) in [5.41, 5.74) is 7.89. The first-order valence-corrected chi connectivity index (χ1v) is 6.76. The molecule has 0 bridgehead atoms. The van der Waals surface area contributed by atoms with Gasteiger partial charge in [0.2, 0.25) is 0 Å². The standard InChI is InChI=1S/C13H17N3S/c1-2-10(8-14)7-13-16-12(9-17-13)11-3-5-15-6-4-11/h3-6,9-10H,2,7-8,14H2,1H3. The molecule has 0 aromatic carbocycles. The Morgan fingerprint density at radius 1 is 1.35 bits per heavy atom. The molecule has 17 heavy (non-hydrogen) atoms. The number of hydrogen-bond acceptors (Lipinski definition) is 4. The van der Waals surface area contributed by atoms with Crippen molar-refractivity contribution < 1.29 is 0 Å². The zero-order valence-corrected chi connectivity index (χ0v) is 10.8. The first-order valence-electron chi connectivity index (χ1n) is 5.88. The molecular weight excluding hydrogens is 230 g/mol. The molecule has 0 radical (unpaired) electrons. The van der Waals surface area contributed by atoms with E-state index >= 15 is 0 Å². The third-order valence-corrected chi connectivity index (χ3v) is 3.77. The van der Waals surface area contributed by atoms with E-state index in [-0.39, 0.29) is 0 Å². The summed E-state index contributed by atoms with van der Waals surface area (Å²) >= 11 is 1.72. The number of nitrogens with zero attached hydrogens (tertiary/aromatic N) is 2. The van der Waals surface area contributed by atoms with E-state index < -0.39 is 0 Å². The van der Waals surface area contributed by atoms with Gasteiger partial charge in [-0.25, -0.2) is 4.98 Å². The van der Waals surface area contributed by atoms with Gasteiger partial charge in [0.15, 0.2) is 0 Å². The van der Waals surface area contributed by atoms with Crippen LogP contribution >= 0.6 is 11.3 Å². The van der Waals surface area contributed by atoms with Gasteiger partial charge in [-0.2, -0.15) is 0 Å². The van der Waals surface area contributed by atoms with Gasteiger partial charge in [0.25, 0.3) is 0 Å². The number of thiazole rings is 1. The van der Waals surface area contributed by atoms with Crippen molar-refractivity contribution >= 4 is 11.3 Å². The van der Waals surface area contributed by atoms with Crippen molar-refractivity contribution in [2.24, 2.45) is 11.7 Å². The minimum absolute atomic E-state index is 0.548. The third-order valence-electron chi connectivity index (χ3n) is 2.90. The molecule has 1 atom stereocenters. The molecule has 90 valence electrons. The molecular formula is C13H17N3S. The van der Waals surface area contributed by atoms with Crippen LogP contribution in [0.25, 0.3) is 11.3 Å². The van der Waals surface area contributed by atoms with Crippen molar-refractivity contribution in [1.29, 1.82) is 0 Å². The van der Waals surface area contributed by atoms with Gasteiger partial charge in [-0.15, -0.1) is 11.3 Å². The van der Waals surface area contributed by atoms with Crippen molar-refractivity contribution in [3.8, 4) is 11.3 Å². The number of rotatable bonds is 5. The summed E-state index contributed by atoms with van der Waals surface area (Å²) in [5.74, 6) is 0.548. The Morgan fingerprint density at radius 3 is 2.76 bits per heavy atom. The monoisotopic (exact) mass is 247 g/mol. The van der Waals surface area contributed by atoms with Crippen LogP contribution in [-0.2, 0) is 6.42 Å². The van der Waals surface area contributed by atoms with Crippen molar-refractivity contribution in [3.05, 3.63) is 34.9 Å². The highest BCUT2D eigenvalue weighted by molar-refractivity contribution is 7.09. The highest BCUT2D eigenvalue weighted by Crippen LogP contribution is 2.23. The van der Waals surface area contributed by atoms with Crippen LogP contribution in [0.2, 0.25) is 0 Å². The van der Waals surface area contributed by atoms with Crippen molar-refractivity contribution in [2.75, 3.05) is 6.54 Å². The summed E-state index contributed by atoms with van der Waals surface area (Å²) in [4.78, 5) is 8.66. The first-order chi connectivity index (χ1) is 8.33. The van der Waals surface area contributed by atoms with Gasteiger partial charge in [-0.1, -0.05) is 13.3 Å². The summed E-state index contributed by atoms with van der Waals surface area (Å²) in [6, 6.07) is 3.97. The predicted molar refractivity (Wildman–Crippen MR) is 71.9 cm³/mol. The molecule has 0 amide bonds. The summed E-state index contributed by atoms with van der Waals surface area (Å²) < 4.78 is 0. The third kappa shape index (κ3) is 3.11. The lowest BCUT2D eigenvalue weighted by Crippen LogP contribution is -2.15. The molecule has 2 aromatic heterocycles.